The zero-order chi connectivity index (χ0) is 11.7. The molecule has 15 heavy (non-hydrogen) atoms. The van der Waals surface area contributed by atoms with Crippen molar-refractivity contribution in [2.45, 2.75) is 64.8 Å². The Kier molecular flexibility index (Phi) is 8.06. The average molecular weight is 235 g/mol. The van der Waals surface area contributed by atoms with E-state index in [9.17, 15) is 8.42 Å². The maximum atomic E-state index is 11.1. The first-order valence-corrected chi connectivity index (χ1v) is 7.86. The zero-order valence-electron chi connectivity index (χ0n) is 10.3. The number of sulfonamides is 1. The summed E-state index contributed by atoms with van der Waals surface area (Å²) in [6.07, 6.45) is 8.88. The Morgan fingerprint density at radius 1 is 1.00 bits per heavy atom. The molecule has 1 unspecified atom stereocenters. The Balaban J connectivity index is 3.95. The largest absolute Gasteiger partial charge is 0.213 e. The van der Waals surface area contributed by atoms with E-state index in [2.05, 4.69) is 18.6 Å². The first kappa shape index (κ1) is 14.9. The van der Waals surface area contributed by atoms with E-state index < -0.39 is 10.0 Å². The number of hydrogen-bond acceptors (Lipinski definition) is 2. The van der Waals surface area contributed by atoms with E-state index >= 15 is 0 Å². The van der Waals surface area contributed by atoms with Crippen LogP contribution < -0.4 is 4.72 Å². The van der Waals surface area contributed by atoms with E-state index in [4.69, 9.17) is 0 Å². The molecule has 0 heterocycles. The van der Waals surface area contributed by atoms with Gasteiger partial charge in [0, 0.05) is 6.04 Å². The van der Waals surface area contributed by atoms with Crippen LogP contribution in [-0.4, -0.2) is 20.7 Å². The van der Waals surface area contributed by atoms with Gasteiger partial charge in [0.15, 0.2) is 0 Å². The van der Waals surface area contributed by atoms with Crippen molar-refractivity contribution < 1.29 is 8.42 Å². The van der Waals surface area contributed by atoms with Crippen molar-refractivity contribution in [3.05, 3.63) is 0 Å². The summed E-state index contributed by atoms with van der Waals surface area (Å²) in [5.41, 5.74) is 0. The first-order valence-electron chi connectivity index (χ1n) is 5.97. The van der Waals surface area contributed by atoms with E-state index in [1.807, 2.05) is 0 Å². The SMILES string of the molecule is CCCCCC(CCCC)NS(C)(=O)=O. The summed E-state index contributed by atoms with van der Waals surface area (Å²) in [5, 5.41) is 0. The Morgan fingerprint density at radius 2 is 1.53 bits per heavy atom. The highest BCUT2D eigenvalue weighted by molar-refractivity contribution is 7.88. The van der Waals surface area contributed by atoms with Crippen LogP contribution in [0.3, 0.4) is 0 Å². The van der Waals surface area contributed by atoms with Gasteiger partial charge in [-0.05, 0) is 12.8 Å². The molecule has 92 valence electrons. The first-order chi connectivity index (χ1) is 6.99. The fourth-order valence-electron chi connectivity index (χ4n) is 1.66. The molecule has 0 rings (SSSR count). The van der Waals surface area contributed by atoms with E-state index in [0.717, 1.165) is 32.1 Å². The fraction of sp³-hybridized carbons (Fsp3) is 1.00. The third-order valence-corrected chi connectivity index (χ3v) is 3.20. The molecule has 0 fully saturated rings. The van der Waals surface area contributed by atoms with Gasteiger partial charge >= 0.3 is 0 Å². The van der Waals surface area contributed by atoms with Gasteiger partial charge in [-0.25, -0.2) is 13.1 Å². The van der Waals surface area contributed by atoms with Gasteiger partial charge in [0.1, 0.15) is 0 Å². The highest BCUT2D eigenvalue weighted by atomic mass is 32.2. The van der Waals surface area contributed by atoms with Crippen LogP contribution in [0.2, 0.25) is 0 Å². The smallest absolute Gasteiger partial charge is 0.208 e. The topological polar surface area (TPSA) is 46.2 Å². The number of hydrogen-bond donors (Lipinski definition) is 1. The lowest BCUT2D eigenvalue weighted by Crippen LogP contribution is -2.33. The van der Waals surface area contributed by atoms with Crippen LogP contribution >= 0.6 is 0 Å². The van der Waals surface area contributed by atoms with Gasteiger partial charge in [0.2, 0.25) is 10.0 Å². The summed E-state index contributed by atoms with van der Waals surface area (Å²) in [5.74, 6) is 0. The van der Waals surface area contributed by atoms with Crippen LogP contribution in [0.4, 0.5) is 0 Å². The quantitative estimate of drug-likeness (QED) is 0.625. The predicted molar refractivity (Wildman–Crippen MR) is 65.4 cm³/mol. The monoisotopic (exact) mass is 235 g/mol. The molecule has 1 atom stereocenters. The highest BCUT2D eigenvalue weighted by Gasteiger charge is 2.12. The molecule has 0 aromatic rings. The predicted octanol–water partition coefficient (Wildman–Crippen LogP) is 2.67. The second kappa shape index (κ2) is 8.11. The summed E-state index contributed by atoms with van der Waals surface area (Å²) >= 11 is 0. The average Bonchev–Trinajstić information content (AvgIpc) is 2.12. The van der Waals surface area contributed by atoms with Gasteiger partial charge in [-0.15, -0.1) is 0 Å². The third kappa shape index (κ3) is 10.2. The van der Waals surface area contributed by atoms with Crippen molar-refractivity contribution in [2.24, 2.45) is 0 Å². The second-order valence-corrected chi connectivity index (χ2v) is 6.00. The van der Waals surface area contributed by atoms with E-state index in [0.29, 0.717) is 0 Å². The molecule has 0 aliphatic carbocycles. The van der Waals surface area contributed by atoms with Gasteiger partial charge in [-0.1, -0.05) is 46.0 Å². The summed E-state index contributed by atoms with van der Waals surface area (Å²) in [7, 11) is -3.04. The Bertz CT molecular complexity index is 237. The molecule has 0 saturated carbocycles. The maximum Gasteiger partial charge on any atom is 0.208 e. The minimum atomic E-state index is -3.04. The van der Waals surface area contributed by atoms with Gasteiger partial charge in [-0.2, -0.15) is 0 Å². The van der Waals surface area contributed by atoms with Gasteiger partial charge in [-0.3, -0.25) is 0 Å². The summed E-state index contributed by atoms with van der Waals surface area (Å²) in [4.78, 5) is 0. The molecule has 3 nitrogen and oxygen atoms in total. The molecule has 0 amide bonds. The standard InChI is InChI=1S/C11H25NO2S/c1-4-6-8-10-11(9-7-5-2)12-15(3,13)14/h11-12H,4-10H2,1-3H3. The summed E-state index contributed by atoms with van der Waals surface area (Å²) in [6.45, 7) is 4.29. The maximum absolute atomic E-state index is 11.1. The molecule has 1 N–H and O–H groups in total. The van der Waals surface area contributed by atoms with Gasteiger partial charge < -0.3 is 0 Å². The van der Waals surface area contributed by atoms with E-state index in [-0.39, 0.29) is 6.04 Å². The normalized spacial score (nSPS) is 14.1. The van der Waals surface area contributed by atoms with Crippen molar-refractivity contribution in [1.29, 1.82) is 0 Å². The van der Waals surface area contributed by atoms with Gasteiger partial charge in [0.25, 0.3) is 0 Å². The van der Waals surface area contributed by atoms with Crippen LogP contribution in [-0.2, 0) is 10.0 Å². The van der Waals surface area contributed by atoms with Crippen LogP contribution in [0, 0.1) is 0 Å². The minimum absolute atomic E-state index is 0.145. The molecule has 0 radical (unpaired) electrons. The van der Waals surface area contributed by atoms with Crippen molar-refractivity contribution in [1.82, 2.24) is 4.72 Å². The zero-order valence-corrected chi connectivity index (χ0v) is 11.1. The molecular weight excluding hydrogens is 210 g/mol. The lowest BCUT2D eigenvalue weighted by Gasteiger charge is -2.16. The lowest BCUT2D eigenvalue weighted by atomic mass is 10.0. The summed E-state index contributed by atoms with van der Waals surface area (Å²) < 4.78 is 25.0. The number of unbranched alkanes of at least 4 members (excludes halogenated alkanes) is 3. The van der Waals surface area contributed by atoms with Crippen LogP contribution in [0.1, 0.15) is 58.8 Å². The molecule has 0 aromatic heterocycles. The van der Waals surface area contributed by atoms with Crippen molar-refractivity contribution in [2.75, 3.05) is 6.26 Å². The third-order valence-electron chi connectivity index (χ3n) is 2.44. The van der Waals surface area contributed by atoms with Crippen LogP contribution in [0.5, 0.6) is 0 Å². The molecular formula is C11H25NO2S. The molecule has 0 aliphatic heterocycles. The minimum Gasteiger partial charge on any atom is -0.213 e. The van der Waals surface area contributed by atoms with E-state index in [1.165, 1.54) is 19.1 Å². The Morgan fingerprint density at radius 3 is 2.00 bits per heavy atom. The van der Waals surface area contributed by atoms with Crippen molar-refractivity contribution in [3.63, 3.8) is 0 Å². The van der Waals surface area contributed by atoms with Crippen molar-refractivity contribution in [3.8, 4) is 0 Å². The van der Waals surface area contributed by atoms with Crippen LogP contribution in [0.25, 0.3) is 0 Å². The summed E-state index contributed by atoms with van der Waals surface area (Å²) in [6, 6.07) is 0.145. The number of nitrogens with one attached hydrogen (secondary N) is 1. The molecule has 0 saturated heterocycles. The lowest BCUT2D eigenvalue weighted by molar-refractivity contribution is 0.470. The number of rotatable bonds is 9. The Labute approximate surface area is 94.7 Å². The molecule has 0 bridgehead atoms. The van der Waals surface area contributed by atoms with Crippen LogP contribution in [0.15, 0.2) is 0 Å². The second-order valence-electron chi connectivity index (χ2n) is 4.22. The van der Waals surface area contributed by atoms with Crippen molar-refractivity contribution >= 4 is 10.0 Å². The molecule has 0 spiro atoms. The molecule has 0 aliphatic rings. The Hall–Kier alpha value is -0.0900. The van der Waals surface area contributed by atoms with E-state index in [1.54, 1.807) is 0 Å². The highest BCUT2D eigenvalue weighted by Crippen LogP contribution is 2.10. The molecule has 0 aromatic carbocycles. The van der Waals surface area contributed by atoms with Gasteiger partial charge in [0.05, 0.1) is 6.26 Å². The fourth-order valence-corrected chi connectivity index (χ4v) is 2.50. The molecule has 4 heteroatoms.